The molecule has 5 nitrogen and oxygen atoms in total. The maximum absolute atomic E-state index is 12.4. The van der Waals surface area contributed by atoms with E-state index in [4.69, 9.17) is 16.3 Å². The molecule has 1 aliphatic rings. The number of halogens is 1. The summed E-state index contributed by atoms with van der Waals surface area (Å²) in [7, 11) is 0. The lowest BCUT2D eigenvalue weighted by molar-refractivity contribution is 0.0502. The van der Waals surface area contributed by atoms with Crippen molar-refractivity contribution >= 4 is 23.6 Å². The Hall–Kier alpha value is -1.75. The van der Waals surface area contributed by atoms with E-state index in [9.17, 15) is 9.59 Å². The van der Waals surface area contributed by atoms with Crippen LogP contribution in [0.4, 0.5) is 4.79 Å². The molecule has 1 fully saturated rings. The van der Waals surface area contributed by atoms with Crippen LogP contribution < -0.4 is 5.32 Å². The lowest BCUT2D eigenvalue weighted by atomic mass is 10.2. The van der Waals surface area contributed by atoms with Gasteiger partial charge in [-0.05, 0) is 39.3 Å². The zero-order valence-corrected chi connectivity index (χ0v) is 13.8. The van der Waals surface area contributed by atoms with E-state index in [1.165, 1.54) is 0 Å². The van der Waals surface area contributed by atoms with Gasteiger partial charge in [0, 0.05) is 13.1 Å². The fourth-order valence-corrected chi connectivity index (χ4v) is 2.56. The van der Waals surface area contributed by atoms with Gasteiger partial charge < -0.3 is 15.0 Å². The molecule has 22 heavy (non-hydrogen) atoms. The van der Waals surface area contributed by atoms with Crippen LogP contribution in [0.5, 0.6) is 0 Å². The molecule has 0 aliphatic carbocycles. The Morgan fingerprint density at radius 1 is 1.32 bits per heavy atom. The van der Waals surface area contributed by atoms with Gasteiger partial charge in [0.2, 0.25) is 0 Å². The van der Waals surface area contributed by atoms with Gasteiger partial charge in [0.1, 0.15) is 5.60 Å². The number of carbonyl (C=O) groups is 2. The van der Waals surface area contributed by atoms with Crippen LogP contribution in [0.1, 0.15) is 37.6 Å². The number of rotatable bonds is 2. The molecular weight excluding hydrogens is 304 g/mol. The number of alkyl carbamates (subject to hydrolysis) is 1. The minimum atomic E-state index is -0.532. The Kier molecular flexibility index (Phi) is 4.96. The summed E-state index contributed by atoms with van der Waals surface area (Å²) in [4.78, 5) is 25.9. The molecule has 1 atom stereocenters. The molecule has 0 aromatic heterocycles. The zero-order valence-electron chi connectivity index (χ0n) is 13.1. The Bertz CT molecular complexity index is 569. The van der Waals surface area contributed by atoms with Crippen LogP contribution >= 0.6 is 11.6 Å². The molecule has 1 N–H and O–H groups in total. The van der Waals surface area contributed by atoms with E-state index in [1.807, 2.05) is 20.8 Å². The van der Waals surface area contributed by atoms with Gasteiger partial charge in [0.25, 0.3) is 5.91 Å². The smallest absolute Gasteiger partial charge is 0.407 e. The number of amides is 2. The third-order valence-electron chi connectivity index (χ3n) is 3.30. The number of hydrogen-bond donors (Lipinski definition) is 1. The predicted molar refractivity (Wildman–Crippen MR) is 85.1 cm³/mol. The second-order valence-electron chi connectivity index (χ2n) is 6.36. The van der Waals surface area contributed by atoms with Crippen molar-refractivity contribution in [3.8, 4) is 0 Å². The molecule has 1 aromatic carbocycles. The molecule has 1 aliphatic heterocycles. The highest BCUT2D eigenvalue weighted by Crippen LogP contribution is 2.20. The molecule has 0 saturated carbocycles. The number of carbonyl (C=O) groups excluding carboxylic acids is 2. The van der Waals surface area contributed by atoms with Crippen LogP contribution in [0.25, 0.3) is 0 Å². The van der Waals surface area contributed by atoms with Gasteiger partial charge in [-0.25, -0.2) is 4.79 Å². The molecule has 2 rings (SSSR count). The SMILES string of the molecule is CC(C)(C)OC(=O)NC1CCN(C(=O)c2ccccc2Cl)C1. The van der Waals surface area contributed by atoms with Crippen LogP contribution in [0.3, 0.4) is 0 Å². The van der Waals surface area contributed by atoms with E-state index < -0.39 is 11.7 Å². The number of hydrogen-bond acceptors (Lipinski definition) is 3. The largest absolute Gasteiger partial charge is 0.444 e. The van der Waals surface area contributed by atoms with Crippen molar-refractivity contribution in [3.05, 3.63) is 34.9 Å². The standard InChI is InChI=1S/C16H21ClN2O3/c1-16(2,3)22-15(21)18-11-8-9-19(10-11)14(20)12-6-4-5-7-13(12)17/h4-7,11H,8-10H2,1-3H3,(H,18,21). The Morgan fingerprint density at radius 2 is 2.00 bits per heavy atom. The van der Waals surface area contributed by atoms with Crippen molar-refractivity contribution in [1.82, 2.24) is 10.2 Å². The maximum Gasteiger partial charge on any atom is 0.407 e. The third-order valence-corrected chi connectivity index (χ3v) is 3.63. The van der Waals surface area contributed by atoms with Crippen LogP contribution in [-0.4, -0.2) is 41.6 Å². The van der Waals surface area contributed by atoms with E-state index in [-0.39, 0.29) is 11.9 Å². The number of ether oxygens (including phenoxy) is 1. The summed E-state index contributed by atoms with van der Waals surface area (Å²) in [6.45, 7) is 6.49. The van der Waals surface area contributed by atoms with Gasteiger partial charge in [-0.3, -0.25) is 4.79 Å². The van der Waals surface area contributed by atoms with Crippen LogP contribution in [-0.2, 0) is 4.74 Å². The fourth-order valence-electron chi connectivity index (χ4n) is 2.34. The summed E-state index contributed by atoms with van der Waals surface area (Å²) in [5.41, 5.74) is -0.0439. The van der Waals surface area contributed by atoms with Crippen molar-refractivity contribution in [1.29, 1.82) is 0 Å². The molecule has 6 heteroatoms. The molecule has 0 spiro atoms. The van der Waals surface area contributed by atoms with E-state index >= 15 is 0 Å². The molecule has 1 aromatic rings. The normalized spacial score (nSPS) is 18.2. The number of benzene rings is 1. The molecule has 0 radical (unpaired) electrons. The van der Waals surface area contributed by atoms with E-state index in [2.05, 4.69) is 5.32 Å². The first-order chi connectivity index (χ1) is 10.3. The Balaban J connectivity index is 1.92. The van der Waals surface area contributed by atoms with Crippen molar-refractivity contribution in [2.45, 2.75) is 38.8 Å². The Labute approximate surface area is 135 Å². The molecule has 1 saturated heterocycles. The summed E-state index contributed by atoms with van der Waals surface area (Å²) >= 11 is 6.05. The molecule has 1 heterocycles. The van der Waals surface area contributed by atoms with Gasteiger partial charge in [0.05, 0.1) is 16.6 Å². The second kappa shape index (κ2) is 6.57. The lowest BCUT2D eigenvalue weighted by Gasteiger charge is -2.22. The first kappa shape index (κ1) is 16.6. The molecular formula is C16H21ClN2O3. The molecule has 120 valence electrons. The van der Waals surface area contributed by atoms with Crippen LogP contribution in [0.2, 0.25) is 5.02 Å². The van der Waals surface area contributed by atoms with Gasteiger partial charge in [-0.15, -0.1) is 0 Å². The average molecular weight is 325 g/mol. The van der Waals surface area contributed by atoms with Gasteiger partial charge >= 0.3 is 6.09 Å². The fraction of sp³-hybridized carbons (Fsp3) is 0.500. The summed E-state index contributed by atoms with van der Waals surface area (Å²) in [5.74, 6) is -0.112. The van der Waals surface area contributed by atoms with Crippen molar-refractivity contribution in [2.75, 3.05) is 13.1 Å². The molecule has 1 unspecified atom stereocenters. The van der Waals surface area contributed by atoms with Gasteiger partial charge in [0.15, 0.2) is 0 Å². The first-order valence-corrected chi connectivity index (χ1v) is 7.67. The summed E-state index contributed by atoms with van der Waals surface area (Å²) in [6, 6.07) is 6.88. The van der Waals surface area contributed by atoms with Gasteiger partial charge in [-0.2, -0.15) is 0 Å². The number of likely N-dealkylation sites (tertiary alicyclic amines) is 1. The van der Waals surface area contributed by atoms with E-state index in [1.54, 1.807) is 29.2 Å². The van der Waals surface area contributed by atoms with Gasteiger partial charge in [-0.1, -0.05) is 23.7 Å². The maximum atomic E-state index is 12.4. The van der Waals surface area contributed by atoms with E-state index in [0.717, 1.165) is 0 Å². The lowest BCUT2D eigenvalue weighted by Crippen LogP contribution is -2.41. The summed E-state index contributed by atoms with van der Waals surface area (Å²) < 4.78 is 5.22. The summed E-state index contributed by atoms with van der Waals surface area (Å²) in [6.07, 6.45) is 0.250. The molecule has 2 amide bonds. The highest BCUT2D eigenvalue weighted by Gasteiger charge is 2.29. The predicted octanol–water partition coefficient (Wildman–Crippen LogP) is 3.08. The number of nitrogens with one attached hydrogen (secondary N) is 1. The third kappa shape index (κ3) is 4.37. The van der Waals surface area contributed by atoms with Crippen molar-refractivity contribution in [2.24, 2.45) is 0 Å². The first-order valence-electron chi connectivity index (χ1n) is 7.29. The van der Waals surface area contributed by atoms with Crippen molar-refractivity contribution in [3.63, 3.8) is 0 Å². The average Bonchev–Trinajstić information content (AvgIpc) is 2.84. The number of nitrogens with zero attached hydrogens (tertiary/aromatic N) is 1. The highest BCUT2D eigenvalue weighted by molar-refractivity contribution is 6.33. The van der Waals surface area contributed by atoms with E-state index in [0.29, 0.717) is 30.1 Å². The highest BCUT2D eigenvalue weighted by atomic mass is 35.5. The van der Waals surface area contributed by atoms with Crippen LogP contribution in [0.15, 0.2) is 24.3 Å². The molecule has 0 bridgehead atoms. The monoisotopic (exact) mass is 324 g/mol. The van der Waals surface area contributed by atoms with Crippen molar-refractivity contribution < 1.29 is 14.3 Å². The minimum Gasteiger partial charge on any atom is -0.444 e. The Morgan fingerprint density at radius 3 is 2.64 bits per heavy atom. The summed E-state index contributed by atoms with van der Waals surface area (Å²) in [5, 5.41) is 3.24. The minimum absolute atomic E-state index is 0.0960. The second-order valence-corrected chi connectivity index (χ2v) is 6.77. The topological polar surface area (TPSA) is 58.6 Å². The van der Waals surface area contributed by atoms with Crippen LogP contribution in [0, 0.1) is 0 Å². The zero-order chi connectivity index (χ0) is 16.3. The quantitative estimate of drug-likeness (QED) is 0.909.